The summed E-state index contributed by atoms with van der Waals surface area (Å²) in [7, 11) is 0. The van der Waals surface area contributed by atoms with Crippen molar-refractivity contribution in [3.8, 4) is 0 Å². The van der Waals surface area contributed by atoms with Crippen LogP contribution in [0.25, 0.3) is 0 Å². The molecule has 88 valence electrons. The van der Waals surface area contributed by atoms with Gasteiger partial charge in [0.15, 0.2) is 6.10 Å². The van der Waals surface area contributed by atoms with Crippen molar-refractivity contribution in [1.82, 2.24) is 0 Å². The molecule has 0 N–H and O–H groups in total. The smallest absolute Gasteiger partial charge is 0.335 e. The number of carbonyl (C=O) groups excluding carboxylic acids is 1. The van der Waals surface area contributed by atoms with E-state index in [1.54, 1.807) is 6.92 Å². The number of hydrogen-bond donors (Lipinski definition) is 0. The van der Waals surface area contributed by atoms with Gasteiger partial charge in [0.2, 0.25) is 0 Å². The van der Waals surface area contributed by atoms with Crippen molar-refractivity contribution in [3.05, 3.63) is 0 Å². The maximum absolute atomic E-state index is 11.3. The first-order chi connectivity index (χ1) is 7.13. The molecule has 0 radical (unpaired) electrons. The lowest BCUT2D eigenvalue weighted by molar-refractivity contribution is -0.167. The Morgan fingerprint density at radius 3 is 2.67 bits per heavy atom. The van der Waals surface area contributed by atoms with Crippen molar-refractivity contribution in [2.45, 2.75) is 51.9 Å². The first-order valence-corrected chi connectivity index (χ1v) is 5.57. The third-order valence-electron chi connectivity index (χ3n) is 2.25. The lowest BCUT2D eigenvalue weighted by Gasteiger charge is -2.28. The van der Waals surface area contributed by atoms with Crippen molar-refractivity contribution >= 4 is 5.97 Å². The Bertz CT molecular complexity index is 195. The minimum absolute atomic E-state index is 0.121. The second-order valence-electron chi connectivity index (χ2n) is 3.96. The molecule has 0 amide bonds. The second-order valence-corrected chi connectivity index (χ2v) is 3.96. The Morgan fingerprint density at radius 1 is 1.47 bits per heavy atom. The molecule has 2 atom stereocenters. The molecule has 0 aromatic carbocycles. The summed E-state index contributed by atoms with van der Waals surface area (Å²) < 4.78 is 15.9. The highest BCUT2D eigenvalue weighted by atomic mass is 16.6. The van der Waals surface area contributed by atoms with E-state index in [0.717, 1.165) is 6.42 Å². The highest BCUT2D eigenvalue weighted by Gasteiger charge is 2.28. The zero-order valence-corrected chi connectivity index (χ0v) is 9.69. The quantitative estimate of drug-likeness (QED) is 0.668. The molecule has 0 aliphatic carbocycles. The van der Waals surface area contributed by atoms with Gasteiger partial charge >= 0.3 is 5.97 Å². The monoisotopic (exact) mass is 216 g/mol. The average Bonchev–Trinajstić information content (AvgIpc) is 2.18. The van der Waals surface area contributed by atoms with Gasteiger partial charge < -0.3 is 14.2 Å². The van der Waals surface area contributed by atoms with Crippen LogP contribution < -0.4 is 0 Å². The molecule has 15 heavy (non-hydrogen) atoms. The molecule has 1 fully saturated rings. The van der Waals surface area contributed by atoms with E-state index in [2.05, 4.69) is 0 Å². The number of ether oxygens (including phenoxy) is 3. The van der Waals surface area contributed by atoms with Crippen LogP contribution >= 0.6 is 0 Å². The molecule has 2 unspecified atom stereocenters. The second kappa shape index (κ2) is 6.08. The van der Waals surface area contributed by atoms with Crippen LogP contribution in [-0.4, -0.2) is 37.5 Å². The van der Waals surface area contributed by atoms with Crippen molar-refractivity contribution in [3.63, 3.8) is 0 Å². The van der Waals surface area contributed by atoms with E-state index in [1.807, 2.05) is 13.8 Å². The lowest BCUT2D eigenvalue weighted by atomic mass is 10.1. The van der Waals surface area contributed by atoms with Crippen molar-refractivity contribution in [2.75, 3.05) is 13.2 Å². The summed E-state index contributed by atoms with van der Waals surface area (Å²) in [4.78, 5) is 11.3. The number of carbonyl (C=O) groups is 1. The summed E-state index contributed by atoms with van der Waals surface area (Å²) in [5.41, 5.74) is 0. The Hall–Kier alpha value is -0.610. The molecule has 1 aliphatic heterocycles. The first-order valence-electron chi connectivity index (χ1n) is 5.57. The van der Waals surface area contributed by atoms with E-state index in [0.29, 0.717) is 19.6 Å². The van der Waals surface area contributed by atoms with Crippen molar-refractivity contribution in [2.24, 2.45) is 0 Å². The molecule has 0 bridgehead atoms. The number of esters is 1. The lowest BCUT2D eigenvalue weighted by Crippen LogP contribution is -2.37. The van der Waals surface area contributed by atoms with E-state index in [4.69, 9.17) is 14.2 Å². The van der Waals surface area contributed by atoms with Crippen LogP contribution in [-0.2, 0) is 19.0 Å². The Kier molecular flexibility index (Phi) is 5.05. The van der Waals surface area contributed by atoms with Gasteiger partial charge in [0.1, 0.15) is 0 Å². The highest BCUT2D eigenvalue weighted by Crippen LogP contribution is 2.18. The standard InChI is InChI=1S/C11H20O4/c1-4-13-11(12)10-6-5-9(7-14-10)15-8(2)3/h8-10H,4-7H2,1-3H3. The fourth-order valence-electron chi connectivity index (χ4n) is 1.64. The van der Waals surface area contributed by atoms with Gasteiger partial charge in [-0.05, 0) is 33.6 Å². The van der Waals surface area contributed by atoms with Gasteiger partial charge in [-0.2, -0.15) is 0 Å². The van der Waals surface area contributed by atoms with Crippen LogP contribution in [0.4, 0.5) is 0 Å². The normalized spacial score (nSPS) is 26.7. The fourth-order valence-corrected chi connectivity index (χ4v) is 1.64. The third-order valence-corrected chi connectivity index (χ3v) is 2.25. The molecular formula is C11H20O4. The van der Waals surface area contributed by atoms with Gasteiger partial charge in [0.25, 0.3) is 0 Å². The molecule has 4 nitrogen and oxygen atoms in total. The fraction of sp³-hybridized carbons (Fsp3) is 0.909. The molecular weight excluding hydrogens is 196 g/mol. The Balaban J connectivity index is 2.26. The highest BCUT2D eigenvalue weighted by molar-refractivity contribution is 5.74. The minimum Gasteiger partial charge on any atom is -0.464 e. The van der Waals surface area contributed by atoms with Crippen LogP contribution in [0.2, 0.25) is 0 Å². The van der Waals surface area contributed by atoms with Crippen LogP contribution in [0.15, 0.2) is 0 Å². The largest absolute Gasteiger partial charge is 0.464 e. The summed E-state index contributed by atoms with van der Waals surface area (Å²) in [6.45, 7) is 6.69. The summed E-state index contributed by atoms with van der Waals surface area (Å²) in [5, 5.41) is 0. The molecule has 1 heterocycles. The van der Waals surface area contributed by atoms with Gasteiger partial charge in [-0.3, -0.25) is 0 Å². The summed E-state index contributed by atoms with van der Waals surface area (Å²) in [6, 6.07) is 0. The number of rotatable bonds is 4. The SMILES string of the molecule is CCOC(=O)C1CCC(OC(C)C)CO1. The van der Waals surface area contributed by atoms with Crippen molar-refractivity contribution in [1.29, 1.82) is 0 Å². The molecule has 4 heteroatoms. The van der Waals surface area contributed by atoms with Crippen molar-refractivity contribution < 1.29 is 19.0 Å². The van der Waals surface area contributed by atoms with Gasteiger partial charge in [-0.15, -0.1) is 0 Å². The predicted octanol–water partition coefficient (Wildman–Crippen LogP) is 1.52. The minimum atomic E-state index is -0.392. The average molecular weight is 216 g/mol. The van der Waals surface area contributed by atoms with Crippen LogP contribution in [0.1, 0.15) is 33.6 Å². The van der Waals surface area contributed by atoms with Crippen LogP contribution in [0.3, 0.4) is 0 Å². The molecule has 1 rings (SSSR count). The molecule has 1 saturated heterocycles. The van der Waals surface area contributed by atoms with E-state index in [-0.39, 0.29) is 18.2 Å². The zero-order chi connectivity index (χ0) is 11.3. The maximum atomic E-state index is 11.3. The molecule has 0 aromatic heterocycles. The zero-order valence-electron chi connectivity index (χ0n) is 9.69. The van der Waals surface area contributed by atoms with Crippen LogP contribution in [0.5, 0.6) is 0 Å². The predicted molar refractivity (Wildman–Crippen MR) is 55.6 cm³/mol. The van der Waals surface area contributed by atoms with Gasteiger partial charge in [-0.1, -0.05) is 0 Å². The summed E-state index contributed by atoms with van der Waals surface area (Å²) in [5.74, 6) is -0.250. The summed E-state index contributed by atoms with van der Waals surface area (Å²) in [6.07, 6.45) is 1.49. The maximum Gasteiger partial charge on any atom is 0.335 e. The van der Waals surface area contributed by atoms with E-state index < -0.39 is 6.10 Å². The summed E-state index contributed by atoms with van der Waals surface area (Å²) >= 11 is 0. The van der Waals surface area contributed by atoms with Gasteiger partial charge in [0, 0.05) is 0 Å². The third kappa shape index (κ3) is 4.18. The molecule has 0 spiro atoms. The molecule has 1 aliphatic rings. The van der Waals surface area contributed by atoms with E-state index in [9.17, 15) is 4.79 Å². The van der Waals surface area contributed by atoms with Gasteiger partial charge in [0.05, 0.1) is 25.4 Å². The van der Waals surface area contributed by atoms with E-state index in [1.165, 1.54) is 0 Å². The first kappa shape index (κ1) is 12.5. The number of hydrogen-bond acceptors (Lipinski definition) is 4. The topological polar surface area (TPSA) is 44.8 Å². The van der Waals surface area contributed by atoms with Gasteiger partial charge in [-0.25, -0.2) is 4.79 Å². The Labute approximate surface area is 90.9 Å². The molecule has 0 aromatic rings. The Morgan fingerprint density at radius 2 is 2.20 bits per heavy atom. The molecule has 0 saturated carbocycles. The van der Waals surface area contributed by atoms with E-state index >= 15 is 0 Å². The van der Waals surface area contributed by atoms with Crippen LogP contribution in [0, 0.1) is 0 Å².